The van der Waals surface area contributed by atoms with Crippen molar-refractivity contribution in [2.24, 2.45) is 5.92 Å². The molecule has 2 aromatic heterocycles. The number of pyridine rings is 1. The number of furan rings is 1. The van der Waals surface area contributed by atoms with Crippen LogP contribution in [0.3, 0.4) is 0 Å². The largest absolute Gasteiger partial charge is 0.460 e. The van der Waals surface area contributed by atoms with Gasteiger partial charge in [0.05, 0.1) is 0 Å². The van der Waals surface area contributed by atoms with E-state index in [0.29, 0.717) is 45.7 Å². The number of carbonyl (C=O) groups is 2. The molecule has 0 radical (unpaired) electrons. The van der Waals surface area contributed by atoms with Crippen LogP contribution in [0.4, 0.5) is 23.4 Å². The Labute approximate surface area is 268 Å². The van der Waals surface area contributed by atoms with Crippen molar-refractivity contribution in [3.8, 4) is 22.3 Å². The van der Waals surface area contributed by atoms with Crippen LogP contribution in [-0.4, -0.2) is 40.6 Å². The molecule has 3 aromatic carbocycles. The number of Topliss-reactive ketones (excluding diaryl/α,β-unsaturated/α-hetero) is 1. The fourth-order valence-corrected chi connectivity index (χ4v) is 6.42. The molecule has 1 aliphatic carbocycles. The molecule has 2 atom stereocenters. The van der Waals surface area contributed by atoms with Gasteiger partial charge in [-0.2, -0.15) is 0 Å². The third-order valence-corrected chi connectivity index (χ3v) is 9.20. The quantitative estimate of drug-likeness (QED) is 0.173. The number of alkyl halides is 2. The molecule has 47 heavy (non-hydrogen) atoms. The van der Waals surface area contributed by atoms with Gasteiger partial charge in [-0.3, -0.25) is 9.59 Å². The summed E-state index contributed by atoms with van der Waals surface area (Å²) >= 11 is 0. The number of anilines is 1. The Balaban J connectivity index is 1.14. The van der Waals surface area contributed by atoms with Crippen LogP contribution in [0.5, 0.6) is 0 Å². The van der Waals surface area contributed by atoms with Crippen LogP contribution in [0.1, 0.15) is 53.3 Å². The Kier molecular flexibility index (Phi) is 7.82. The van der Waals surface area contributed by atoms with E-state index < -0.39 is 17.6 Å². The number of amides is 1. The number of rotatable bonds is 8. The molecular formula is C37H31F4N3O3. The van der Waals surface area contributed by atoms with Crippen molar-refractivity contribution in [2.75, 3.05) is 18.8 Å². The first-order valence-electron chi connectivity index (χ1n) is 15.6. The van der Waals surface area contributed by atoms with Gasteiger partial charge in [0.2, 0.25) is 0 Å². The first-order chi connectivity index (χ1) is 22.5. The number of aromatic nitrogens is 1. The summed E-state index contributed by atoms with van der Waals surface area (Å²) in [7, 11) is 0. The number of hydrogen-bond donors (Lipinski definition) is 1. The first kappa shape index (κ1) is 30.7. The Bertz CT molecular complexity index is 1980. The van der Waals surface area contributed by atoms with Crippen LogP contribution in [0, 0.1) is 17.6 Å². The molecule has 2 N–H and O–H groups in total. The number of halogens is 4. The van der Waals surface area contributed by atoms with E-state index in [-0.39, 0.29) is 61.4 Å². The van der Waals surface area contributed by atoms with Crippen LogP contribution in [-0.2, 0) is 11.2 Å². The highest BCUT2D eigenvalue weighted by atomic mass is 19.3. The third-order valence-electron chi connectivity index (χ3n) is 9.20. The minimum absolute atomic E-state index is 0.00738. The monoisotopic (exact) mass is 641 g/mol. The van der Waals surface area contributed by atoms with Crippen molar-refractivity contribution in [3.63, 3.8) is 0 Å². The van der Waals surface area contributed by atoms with Crippen molar-refractivity contribution in [1.29, 1.82) is 0 Å². The van der Waals surface area contributed by atoms with Gasteiger partial charge < -0.3 is 15.1 Å². The van der Waals surface area contributed by atoms with E-state index >= 15 is 4.39 Å². The Morgan fingerprint density at radius 2 is 1.68 bits per heavy atom. The maximum Gasteiger partial charge on any atom is 0.253 e. The molecule has 2 aliphatic rings. The van der Waals surface area contributed by atoms with Crippen LogP contribution in [0.25, 0.3) is 33.2 Å². The molecule has 240 valence electrons. The number of nitrogens with two attached hydrogens (primary N) is 1. The number of ketones is 1. The molecule has 2 fully saturated rings. The van der Waals surface area contributed by atoms with Crippen molar-refractivity contribution < 1.29 is 31.6 Å². The SMILES string of the molecule is Nc1ccc([C@H]2C[C@@H]2C(=O)CCc2cc3cc(-c4ccc(C(=O)N5CCC(F)(F)CC5)cc4)cc(-c4ccc(F)cc4F)c3o2)cn1. The van der Waals surface area contributed by atoms with Crippen molar-refractivity contribution in [2.45, 2.75) is 43.9 Å². The summed E-state index contributed by atoms with van der Waals surface area (Å²) < 4.78 is 62.3. The zero-order valence-electron chi connectivity index (χ0n) is 25.3. The third kappa shape index (κ3) is 6.37. The lowest BCUT2D eigenvalue weighted by Crippen LogP contribution is -2.42. The van der Waals surface area contributed by atoms with Gasteiger partial charge in [-0.1, -0.05) is 18.2 Å². The fraction of sp³-hybridized carbons (Fsp3) is 0.270. The first-order valence-corrected chi connectivity index (χ1v) is 15.6. The lowest BCUT2D eigenvalue weighted by Gasteiger charge is -2.31. The smallest absolute Gasteiger partial charge is 0.253 e. The Hall–Kier alpha value is -4.99. The molecular weight excluding hydrogens is 610 g/mol. The molecule has 5 aromatic rings. The average Bonchev–Trinajstić information content (AvgIpc) is 3.75. The van der Waals surface area contributed by atoms with Crippen molar-refractivity contribution in [3.05, 3.63) is 108 Å². The van der Waals surface area contributed by atoms with Gasteiger partial charge in [-0.05, 0) is 77.6 Å². The second-order valence-electron chi connectivity index (χ2n) is 12.4. The molecule has 6 nitrogen and oxygen atoms in total. The molecule has 1 aliphatic heterocycles. The van der Waals surface area contributed by atoms with Gasteiger partial charge in [0, 0.05) is 79.0 Å². The van der Waals surface area contributed by atoms with Crippen molar-refractivity contribution in [1.82, 2.24) is 9.88 Å². The lowest BCUT2D eigenvalue weighted by atomic mass is 9.95. The zero-order valence-corrected chi connectivity index (χ0v) is 25.3. The van der Waals surface area contributed by atoms with Crippen molar-refractivity contribution >= 4 is 28.5 Å². The molecule has 7 rings (SSSR count). The molecule has 0 spiro atoms. The molecule has 0 unspecified atom stereocenters. The molecule has 1 saturated carbocycles. The zero-order chi connectivity index (χ0) is 32.9. The van der Waals surface area contributed by atoms with E-state index in [1.54, 1.807) is 42.6 Å². The van der Waals surface area contributed by atoms with Gasteiger partial charge in [-0.15, -0.1) is 0 Å². The number of nitrogen functional groups attached to an aromatic ring is 1. The summed E-state index contributed by atoms with van der Waals surface area (Å²) in [6.07, 6.45) is 2.40. The molecule has 3 heterocycles. The Morgan fingerprint density at radius 1 is 0.915 bits per heavy atom. The molecule has 0 bridgehead atoms. The highest BCUT2D eigenvalue weighted by molar-refractivity contribution is 5.98. The number of hydrogen-bond acceptors (Lipinski definition) is 5. The number of likely N-dealkylation sites (tertiary alicyclic amines) is 1. The van der Waals surface area contributed by atoms with E-state index in [4.69, 9.17) is 10.2 Å². The topological polar surface area (TPSA) is 89.4 Å². The van der Waals surface area contributed by atoms with E-state index in [2.05, 4.69) is 4.98 Å². The standard InChI is InChI=1S/C37H31F4N3O3/c38-26-6-8-28(32(39)18-26)31-17-24(21-1-3-22(4-2-21)36(46)44-13-11-37(40,41)12-14-44)15-25-16-27(47-35(25)31)7-9-33(45)30-19-29(30)23-5-10-34(42)43-20-23/h1-6,8,10,15-18,20,29-30H,7,9,11-14,19H2,(H2,42,43)/t29-,30+/m1/s1. The number of carbonyl (C=O) groups excluding carboxylic acids is 2. The summed E-state index contributed by atoms with van der Waals surface area (Å²) in [4.78, 5) is 31.5. The highest BCUT2D eigenvalue weighted by Gasteiger charge is 2.43. The second kappa shape index (κ2) is 12.0. The summed E-state index contributed by atoms with van der Waals surface area (Å²) in [6, 6.07) is 19.2. The molecule has 1 saturated heterocycles. The minimum atomic E-state index is -2.75. The number of piperidine rings is 1. The summed E-state index contributed by atoms with van der Waals surface area (Å²) in [5, 5.41) is 0.676. The number of benzene rings is 3. The number of nitrogens with zero attached hydrogens (tertiary/aromatic N) is 2. The predicted molar refractivity (Wildman–Crippen MR) is 170 cm³/mol. The predicted octanol–water partition coefficient (Wildman–Crippen LogP) is 8.20. The average molecular weight is 642 g/mol. The maximum atomic E-state index is 15.1. The van der Waals surface area contributed by atoms with E-state index in [9.17, 15) is 22.8 Å². The Morgan fingerprint density at radius 3 is 2.38 bits per heavy atom. The van der Waals surface area contributed by atoms with Gasteiger partial charge >= 0.3 is 0 Å². The van der Waals surface area contributed by atoms with Gasteiger partial charge in [-0.25, -0.2) is 22.5 Å². The number of aryl methyl sites for hydroxylation is 1. The second-order valence-corrected chi connectivity index (χ2v) is 12.4. The van der Waals surface area contributed by atoms with Gasteiger partial charge in [0.1, 0.15) is 34.6 Å². The van der Waals surface area contributed by atoms with Gasteiger partial charge in [0.25, 0.3) is 11.8 Å². The van der Waals surface area contributed by atoms with E-state index in [1.807, 2.05) is 18.2 Å². The van der Waals surface area contributed by atoms with Crippen LogP contribution < -0.4 is 5.73 Å². The van der Waals surface area contributed by atoms with Gasteiger partial charge in [0.15, 0.2) is 0 Å². The normalized spacial score (nSPS) is 18.8. The summed E-state index contributed by atoms with van der Waals surface area (Å²) in [5.41, 5.74) is 9.47. The van der Waals surface area contributed by atoms with E-state index in [0.717, 1.165) is 23.6 Å². The number of fused-ring (bicyclic) bond motifs is 1. The molecule has 10 heteroatoms. The lowest BCUT2D eigenvalue weighted by molar-refractivity contribution is -0.120. The maximum absolute atomic E-state index is 15.1. The fourth-order valence-electron chi connectivity index (χ4n) is 6.42. The van der Waals surface area contributed by atoms with Crippen LogP contribution in [0.15, 0.2) is 83.4 Å². The summed E-state index contributed by atoms with van der Waals surface area (Å²) in [6.45, 7) is -0.0148. The minimum Gasteiger partial charge on any atom is -0.460 e. The highest BCUT2D eigenvalue weighted by Crippen LogP contribution is 2.48. The van der Waals surface area contributed by atoms with Crippen LogP contribution in [0.2, 0.25) is 0 Å². The van der Waals surface area contributed by atoms with Crippen LogP contribution >= 0.6 is 0 Å². The van der Waals surface area contributed by atoms with E-state index in [1.165, 1.54) is 17.0 Å². The molecule has 1 amide bonds. The summed E-state index contributed by atoms with van der Waals surface area (Å²) in [5.74, 6) is -3.33.